The van der Waals surface area contributed by atoms with E-state index in [9.17, 15) is 0 Å². The highest BCUT2D eigenvalue weighted by Gasteiger charge is 1.97. The number of nitrogens with two attached hydrogens (primary N) is 1. The van der Waals surface area contributed by atoms with Gasteiger partial charge in [-0.25, -0.2) is 4.98 Å². The lowest BCUT2D eigenvalue weighted by atomic mass is 10.1. The third-order valence-electron chi connectivity index (χ3n) is 1.82. The molecule has 0 spiro atoms. The van der Waals surface area contributed by atoms with Crippen molar-refractivity contribution in [2.75, 3.05) is 5.73 Å². The molecule has 1 aromatic heterocycles. The van der Waals surface area contributed by atoms with E-state index >= 15 is 0 Å². The van der Waals surface area contributed by atoms with E-state index in [1.165, 1.54) is 5.56 Å². The summed E-state index contributed by atoms with van der Waals surface area (Å²) in [6.07, 6.45) is 2.73. The topological polar surface area (TPSA) is 38.9 Å². The first kappa shape index (κ1) is 8.26. The largest absolute Gasteiger partial charge is 0.399 e. The minimum Gasteiger partial charge on any atom is -0.399 e. The van der Waals surface area contributed by atoms with Gasteiger partial charge in [0, 0.05) is 23.7 Å². The zero-order valence-electron chi connectivity index (χ0n) is 7.10. The van der Waals surface area contributed by atoms with Crippen molar-refractivity contribution in [2.24, 2.45) is 0 Å². The summed E-state index contributed by atoms with van der Waals surface area (Å²) in [6.45, 7) is 0. The van der Waals surface area contributed by atoms with Crippen LogP contribution >= 0.6 is 11.3 Å². The lowest BCUT2D eigenvalue weighted by Gasteiger charge is -1.97. The second-order valence-corrected chi connectivity index (χ2v) is 3.82. The Labute approximate surface area is 81.1 Å². The van der Waals surface area contributed by atoms with Crippen molar-refractivity contribution < 1.29 is 0 Å². The summed E-state index contributed by atoms with van der Waals surface area (Å²) < 4.78 is 0. The van der Waals surface area contributed by atoms with Gasteiger partial charge in [-0.2, -0.15) is 0 Å². The first-order chi connectivity index (χ1) is 6.34. The van der Waals surface area contributed by atoms with Gasteiger partial charge >= 0.3 is 0 Å². The molecular weight excluding hydrogens is 180 g/mol. The Balaban J connectivity index is 2.15. The minimum atomic E-state index is 0.808. The molecule has 2 N–H and O–H groups in total. The number of anilines is 1. The molecule has 0 radical (unpaired) electrons. The summed E-state index contributed by atoms with van der Waals surface area (Å²) in [5.74, 6) is 0. The SMILES string of the molecule is Nc1ccc(Cc2nccs2)cc1. The minimum absolute atomic E-state index is 0.808. The zero-order valence-corrected chi connectivity index (χ0v) is 7.92. The molecule has 2 nitrogen and oxygen atoms in total. The molecule has 0 aliphatic rings. The van der Waals surface area contributed by atoms with Gasteiger partial charge in [0.05, 0.1) is 5.01 Å². The summed E-state index contributed by atoms with van der Waals surface area (Å²) in [5.41, 5.74) is 7.65. The van der Waals surface area contributed by atoms with E-state index in [-0.39, 0.29) is 0 Å². The highest BCUT2D eigenvalue weighted by Crippen LogP contribution is 2.13. The Bertz CT molecular complexity index is 364. The quantitative estimate of drug-likeness (QED) is 0.738. The molecule has 0 bridgehead atoms. The maximum atomic E-state index is 5.59. The van der Waals surface area contributed by atoms with Gasteiger partial charge in [-0.05, 0) is 17.7 Å². The molecule has 2 aromatic rings. The van der Waals surface area contributed by atoms with Crippen molar-refractivity contribution >= 4 is 17.0 Å². The molecule has 3 heteroatoms. The van der Waals surface area contributed by atoms with Crippen LogP contribution in [-0.2, 0) is 6.42 Å². The average molecular weight is 190 g/mol. The van der Waals surface area contributed by atoms with Gasteiger partial charge in [0.2, 0.25) is 0 Å². The monoisotopic (exact) mass is 190 g/mol. The van der Waals surface area contributed by atoms with Crippen molar-refractivity contribution in [1.82, 2.24) is 4.98 Å². The number of benzene rings is 1. The third-order valence-corrected chi connectivity index (χ3v) is 2.60. The number of hydrogen-bond acceptors (Lipinski definition) is 3. The molecule has 1 aromatic carbocycles. The fourth-order valence-electron chi connectivity index (χ4n) is 1.15. The lowest BCUT2D eigenvalue weighted by molar-refractivity contribution is 1.14. The van der Waals surface area contributed by atoms with Crippen LogP contribution in [0.5, 0.6) is 0 Å². The summed E-state index contributed by atoms with van der Waals surface area (Å²) in [7, 11) is 0. The molecule has 0 unspecified atom stereocenters. The summed E-state index contributed by atoms with van der Waals surface area (Å²) in [6, 6.07) is 7.92. The smallest absolute Gasteiger partial charge is 0.0968 e. The second kappa shape index (κ2) is 3.58. The molecule has 13 heavy (non-hydrogen) atoms. The molecule has 0 fully saturated rings. The van der Waals surface area contributed by atoms with E-state index < -0.39 is 0 Å². The number of aromatic nitrogens is 1. The van der Waals surface area contributed by atoms with E-state index in [4.69, 9.17) is 5.73 Å². The lowest BCUT2D eigenvalue weighted by Crippen LogP contribution is -1.88. The van der Waals surface area contributed by atoms with Crippen LogP contribution < -0.4 is 5.73 Å². The van der Waals surface area contributed by atoms with Gasteiger partial charge < -0.3 is 5.73 Å². The van der Waals surface area contributed by atoms with Gasteiger partial charge in [-0.15, -0.1) is 11.3 Å². The highest BCUT2D eigenvalue weighted by atomic mass is 32.1. The van der Waals surface area contributed by atoms with Crippen LogP contribution in [0, 0.1) is 0 Å². The summed E-state index contributed by atoms with van der Waals surface area (Å²) in [4.78, 5) is 4.22. The van der Waals surface area contributed by atoms with E-state index in [1.54, 1.807) is 11.3 Å². The van der Waals surface area contributed by atoms with Crippen LogP contribution in [0.15, 0.2) is 35.8 Å². The fourth-order valence-corrected chi connectivity index (χ4v) is 1.80. The Hall–Kier alpha value is -1.35. The van der Waals surface area contributed by atoms with E-state index in [0.29, 0.717) is 0 Å². The molecule has 2 rings (SSSR count). The van der Waals surface area contributed by atoms with Gasteiger partial charge in [-0.3, -0.25) is 0 Å². The Morgan fingerprint density at radius 2 is 2.00 bits per heavy atom. The van der Waals surface area contributed by atoms with Crippen molar-refractivity contribution in [2.45, 2.75) is 6.42 Å². The first-order valence-electron chi connectivity index (χ1n) is 4.07. The summed E-state index contributed by atoms with van der Waals surface area (Å²) in [5, 5.41) is 3.14. The van der Waals surface area contributed by atoms with Crippen LogP contribution in [0.3, 0.4) is 0 Å². The van der Waals surface area contributed by atoms with Gasteiger partial charge in [0.15, 0.2) is 0 Å². The van der Waals surface area contributed by atoms with E-state index in [0.717, 1.165) is 17.1 Å². The first-order valence-corrected chi connectivity index (χ1v) is 4.95. The fraction of sp³-hybridized carbons (Fsp3) is 0.100. The Morgan fingerprint density at radius 1 is 1.23 bits per heavy atom. The van der Waals surface area contributed by atoms with Crippen molar-refractivity contribution in [3.63, 3.8) is 0 Å². The molecule has 1 heterocycles. The van der Waals surface area contributed by atoms with E-state index in [1.807, 2.05) is 35.8 Å². The number of thiazole rings is 1. The van der Waals surface area contributed by atoms with Crippen LogP contribution in [0.2, 0.25) is 0 Å². The molecule has 0 saturated carbocycles. The maximum absolute atomic E-state index is 5.59. The second-order valence-electron chi connectivity index (χ2n) is 2.84. The van der Waals surface area contributed by atoms with E-state index in [2.05, 4.69) is 4.98 Å². The normalized spacial score (nSPS) is 10.2. The van der Waals surface area contributed by atoms with Crippen LogP contribution in [0.25, 0.3) is 0 Å². The van der Waals surface area contributed by atoms with Gasteiger partial charge in [0.1, 0.15) is 0 Å². The number of rotatable bonds is 2. The van der Waals surface area contributed by atoms with Crippen LogP contribution in [0.1, 0.15) is 10.6 Å². The molecular formula is C10H10N2S. The molecule has 0 saturated heterocycles. The number of nitrogens with zero attached hydrogens (tertiary/aromatic N) is 1. The third kappa shape index (κ3) is 2.06. The van der Waals surface area contributed by atoms with Gasteiger partial charge in [-0.1, -0.05) is 12.1 Å². The van der Waals surface area contributed by atoms with Crippen molar-refractivity contribution in [1.29, 1.82) is 0 Å². The predicted octanol–water partition coefficient (Wildman–Crippen LogP) is 2.32. The number of nitrogen functional groups attached to an aromatic ring is 1. The number of hydrogen-bond donors (Lipinski definition) is 1. The summed E-state index contributed by atoms with van der Waals surface area (Å²) >= 11 is 1.68. The highest BCUT2D eigenvalue weighted by molar-refractivity contribution is 7.09. The standard InChI is InChI=1S/C10H10N2S/c11-9-3-1-8(2-4-9)7-10-12-5-6-13-10/h1-6H,7,11H2. The Kier molecular flexibility index (Phi) is 2.27. The Morgan fingerprint density at radius 3 is 2.62 bits per heavy atom. The van der Waals surface area contributed by atoms with Crippen LogP contribution in [0.4, 0.5) is 5.69 Å². The van der Waals surface area contributed by atoms with Gasteiger partial charge in [0.25, 0.3) is 0 Å². The predicted molar refractivity (Wildman–Crippen MR) is 55.8 cm³/mol. The molecule has 0 atom stereocenters. The average Bonchev–Trinajstić information content (AvgIpc) is 2.62. The van der Waals surface area contributed by atoms with Crippen molar-refractivity contribution in [3.05, 3.63) is 46.4 Å². The van der Waals surface area contributed by atoms with Crippen LogP contribution in [-0.4, -0.2) is 4.98 Å². The zero-order chi connectivity index (χ0) is 9.10. The molecule has 0 aliphatic heterocycles. The molecule has 66 valence electrons. The molecule has 0 amide bonds. The molecule has 0 aliphatic carbocycles. The van der Waals surface area contributed by atoms with Crippen molar-refractivity contribution in [3.8, 4) is 0 Å². The maximum Gasteiger partial charge on any atom is 0.0968 e.